The van der Waals surface area contributed by atoms with Crippen LogP contribution in [0.5, 0.6) is 0 Å². The number of fused-ring (bicyclic) bond motifs is 1. The number of amides is 1. The summed E-state index contributed by atoms with van der Waals surface area (Å²) < 4.78 is 5.46. The Balaban J connectivity index is 1.68. The molecule has 3 rings (SSSR count). The van der Waals surface area contributed by atoms with Gasteiger partial charge in [0.05, 0.1) is 11.1 Å². The Bertz CT molecular complexity index is 795. The number of esters is 1. The zero-order chi connectivity index (χ0) is 18.5. The number of carbonyl (C=O) groups is 2. The summed E-state index contributed by atoms with van der Waals surface area (Å²) in [6, 6.07) is 9.34. The predicted octanol–water partition coefficient (Wildman–Crippen LogP) is 3.93. The molecule has 0 unspecified atom stereocenters. The monoisotopic (exact) mass is 354 g/mol. The molecular weight excluding hydrogens is 328 g/mol. The lowest BCUT2D eigenvalue weighted by molar-refractivity contribution is -0.129. The molecule has 26 heavy (non-hydrogen) atoms. The maximum Gasteiger partial charge on any atom is 0.339 e. The average molecular weight is 354 g/mol. The van der Waals surface area contributed by atoms with Crippen molar-refractivity contribution < 1.29 is 14.3 Å². The van der Waals surface area contributed by atoms with Crippen molar-refractivity contribution in [2.75, 3.05) is 0 Å². The fraction of sp³-hybridized carbons (Fsp3) is 0.476. The van der Waals surface area contributed by atoms with Crippen molar-refractivity contribution in [3.05, 3.63) is 41.6 Å². The predicted molar refractivity (Wildman–Crippen MR) is 101 cm³/mol. The van der Waals surface area contributed by atoms with Gasteiger partial charge >= 0.3 is 5.97 Å². The third-order valence-corrected chi connectivity index (χ3v) is 4.92. The number of hydrogen-bond donors (Lipinski definition) is 1. The number of nitrogens with one attached hydrogen (secondary N) is 1. The highest BCUT2D eigenvalue weighted by Crippen LogP contribution is 2.20. The van der Waals surface area contributed by atoms with Gasteiger partial charge in [-0.05, 0) is 38.8 Å². The molecule has 0 aliphatic heterocycles. The van der Waals surface area contributed by atoms with E-state index in [1.54, 1.807) is 13.0 Å². The normalized spacial score (nSPS) is 16.7. The van der Waals surface area contributed by atoms with Gasteiger partial charge in [0.1, 0.15) is 0 Å². The summed E-state index contributed by atoms with van der Waals surface area (Å²) in [4.78, 5) is 29.5. The number of carbonyl (C=O) groups excluding carboxylic acids is 2. The maximum absolute atomic E-state index is 12.6. The number of pyridine rings is 1. The summed E-state index contributed by atoms with van der Waals surface area (Å²) in [6.45, 7) is 3.46. The first-order valence-corrected chi connectivity index (χ1v) is 9.42. The number of aryl methyl sites for hydroxylation is 1. The Hall–Kier alpha value is -2.43. The number of ether oxygens (including phenoxy) is 1. The number of hydrogen-bond acceptors (Lipinski definition) is 4. The molecule has 0 saturated heterocycles. The molecule has 0 bridgehead atoms. The standard InChI is InChI=1S/C21H26N2O3/c1-14-13-18(17-11-7-8-12-19(17)22-14)21(25)26-15(2)20(24)23-16-9-5-3-4-6-10-16/h7-8,11-13,15-16H,3-6,9-10H2,1-2H3,(H,23,24)/t15-/m1/s1. The molecule has 1 aliphatic carbocycles. The summed E-state index contributed by atoms with van der Waals surface area (Å²) in [7, 11) is 0. The third-order valence-electron chi connectivity index (χ3n) is 4.92. The highest BCUT2D eigenvalue weighted by Gasteiger charge is 2.23. The van der Waals surface area contributed by atoms with Crippen molar-refractivity contribution >= 4 is 22.8 Å². The SMILES string of the molecule is Cc1cc(C(=O)O[C@H](C)C(=O)NC2CCCCCC2)c2ccccc2n1. The molecule has 1 aliphatic rings. The number of rotatable bonds is 4. The van der Waals surface area contributed by atoms with Crippen molar-refractivity contribution in [1.82, 2.24) is 10.3 Å². The smallest absolute Gasteiger partial charge is 0.339 e. The summed E-state index contributed by atoms with van der Waals surface area (Å²) in [5.41, 5.74) is 1.93. The van der Waals surface area contributed by atoms with Crippen molar-refractivity contribution in [2.45, 2.75) is 64.5 Å². The Morgan fingerprint density at radius 1 is 1.15 bits per heavy atom. The lowest BCUT2D eigenvalue weighted by Crippen LogP contribution is -2.41. The van der Waals surface area contributed by atoms with Gasteiger partial charge in [-0.3, -0.25) is 9.78 Å². The first-order valence-electron chi connectivity index (χ1n) is 9.42. The number of aromatic nitrogens is 1. The van der Waals surface area contributed by atoms with Gasteiger partial charge in [-0.2, -0.15) is 0 Å². The molecule has 1 fully saturated rings. The van der Waals surface area contributed by atoms with Crippen LogP contribution in [0.4, 0.5) is 0 Å². The topological polar surface area (TPSA) is 68.3 Å². The molecule has 0 radical (unpaired) electrons. The zero-order valence-corrected chi connectivity index (χ0v) is 15.5. The van der Waals surface area contributed by atoms with Gasteiger partial charge in [-0.1, -0.05) is 43.9 Å². The molecule has 1 atom stereocenters. The van der Waals surface area contributed by atoms with Crippen LogP contribution in [0.25, 0.3) is 10.9 Å². The lowest BCUT2D eigenvalue weighted by atomic mass is 10.1. The number of nitrogens with zero attached hydrogens (tertiary/aromatic N) is 1. The van der Waals surface area contributed by atoms with Crippen molar-refractivity contribution in [2.24, 2.45) is 0 Å². The fourth-order valence-electron chi connectivity index (χ4n) is 3.50. The molecule has 138 valence electrons. The summed E-state index contributed by atoms with van der Waals surface area (Å²) in [5, 5.41) is 3.77. The van der Waals surface area contributed by atoms with E-state index in [2.05, 4.69) is 10.3 Å². The molecule has 5 nitrogen and oxygen atoms in total. The maximum atomic E-state index is 12.6. The van der Waals surface area contributed by atoms with Crippen LogP contribution in [0.15, 0.2) is 30.3 Å². The summed E-state index contributed by atoms with van der Waals surface area (Å²) in [6.07, 6.45) is 5.92. The van der Waals surface area contributed by atoms with E-state index in [9.17, 15) is 9.59 Å². The molecule has 5 heteroatoms. The van der Waals surface area contributed by atoms with Crippen molar-refractivity contribution in [3.8, 4) is 0 Å². The lowest BCUT2D eigenvalue weighted by Gasteiger charge is -2.20. The van der Waals surface area contributed by atoms with Crippen LogP contribution in [0.3, 0.4) is 0 Å². The Labute approximate surface area is 154 Å². The van der Waals surface area contributed by atoms with E-state index in [0.717, 1.165) is 42.3 Å². The van der Waals surface area contributed by atoms with Crippen molar-refractivity contribution in [3.63, 3.8) is 0 Å². The van der Waals surface area contributed by atoms with Crippen LogP contribution in [-0.2, 0) is 9.53 Å². The second kappa shape index (κ2) is 8.30. The third kappa shape index (κ3) is 4.40. The molecule has 1 aromatic heterocycles. The van der Waals surface area contributed by atoms with E-state index in [1.165, 1.54) is 12.8 Å². The minimum atomic E-state index is -0.821. The molecule has 0 spiro atoms. The quantitative estimate of drug-likeness (QED) is 0.667. The van der Waals surface area contributed by atoms with Crippen LogP contribution in [-0.4, -0.2) is 29.0 Å². The van der Waals surface area contributed by atoms with Gasteiger partial charge in [-0.25, -0.2) is 4.79 Å². The summed E-state index contributed by atoms with van der Waals surface area (Å²) >= 11 is 0. The van der Waals surface area contributed by atoms with E-state index in [1.807, 2.05) is 31.2 Å². The van der Waals surface area contributed by atoms with E-state index in [4.69, 9.17) is 4.74 Å². The number of para-hydroxylation sites is 1. The molecule has 1 saturated carbocycles. The van der Waals surface area contributed by atoms with Gasteiger partial charge in [0.15, 0.2) is 6.10 Å². The van der Waals surface area contributed by atoms with Crippen LogP contribution in [0, 0.1) is 6.92 Å². The fourth-order valence-corrected chi connectivity index (χ4v) is 3.50. The first-order chi connectivity index (χ1) is 12.5. The van der Waals surface area contributed by atoms with Crippen LogP contribution < -0.4 is 5.32 Å². The van der Waals surface area contributed by atoms with E-state index in [-0.39, 0.29) is 11.9 Å². The van der Waals surface area contributed by atoms with Crippen LogP contribution in [0.2, 0.25) is 0 Å². The van der Waals surface area contributed by atoms with E-state index in [0.29, 0.717) is 5.56 Å². The molecule has 1 aromatic carbocycles. The molecule has 1 amide bonds. The van der Waals surface area contributed by atoms with Gasteiger partial charge in [0.25, 0.3) is 5.91 Å². The molecule has 1 heterocycles. The Morgan fingerprint density at radius 3 is 2.58 bits per heavy atom. The zero-order valence-electron chi connectivity index (χ0n) is 15.5. The van der Waals surface area contributed by atoms with Gasteiger partial charge < -0.3 is 10.1 Å². The highest BCUT2D eigenvalue weighted by molar-refractivity contribution is 6.04. The minimum absolute atomic E-state index is 0.190. The summed E-state index contributed by atoms with van der Waals surface area (Å²) in [5.74, 6) is -0.712. The van der Waals surface area contributed by atoms with Crippen molar-refractivity contribution in [1.29, 1.82) is 0 Å². The minimum Gasteiger partial charge on any atom is -0.449 e. The van der Waals surface area contributed by atoms with E-state index < -0.39 is 12.1 Å². The highest BCUT2D eigenvalue weighted by atomic mass is 16.5. The number of benzene rings is 1. The first kappa shape index (κ1) is 18.4. The Morgan fingerprint density at radius 2 is 1.85 bits per heavy atom. The molecule has 2 aromatic rings. The van der Waals surface area contributed by atoms with Gasteiger partial charge in [-0.15, -0.1) is 0 Å². The van der Waals surface area contributed by atoms with Crippen LogP contribution >= 0.6 is 0 Å². The largest absolute Gasteiger partial charge is 0.449 e. The second-order valence-corrected chi connectivity index (χ2v) is 7.07. The average Bonchev–Trinajstić information content (AvgIpc) is 2.89. The second-order valence-electron chi connectivity index (χ2n) is 7.07. The van der Waals surface area contributed by atoms with Crippen LogP contribution in [0.1, 0.15) is 61.5 Å². The van der Waals surface area contributed by atoms with E-state index >= 15 is 0 Å². The molecule has 1 N–H and O–H groups in total. The molecular formula is C21H26N2O3. The Kier molecular flexibility index (Phi) is 5.86. The van der Waals surface area contributed by atoms with Gasteiger partial charge in [0, 0.05) is 17.1 Å². The van der Waals surface area contributed by atoms with Gasteiger partial charge in [0.2, 0.25) is 0 Å².